The van der Waals surface area contributed by atoms with E-state index in [1.807, 2.05) is 6.92 Å². The highest BCUT2D eigenvalue weighted by molar-refractivity contribution is 5.89. The first-order chi connectivity index (χ1) is 12.7. The van der Waals surface area contributed by atoms with Gasteiger partial charge in [-0.3, -0.25) is 14.9 Å². The normalized spacial score (nSPS) is 23.1. The predicted octanol–water partition coefficient (Wildman–Crippen LogP) is 2.17. The van der Waals surface area contributed by atoms with Gasteiger partial charge >= 0.3 is 5.97 Å². The Morgan fingerprint density at radius 3 is 2.59 bits per heavy atom. The highest BCUT2D eigenvalue weighted by Gasteiger charge is 2.66. The Morgan fingerprint density at radius 1 is 1.37 bits per heavy atom. The molecule has 0 saturated heterocycles. The number of hydrogen-bond donors (Lipinski definition) is 3. The van der Waals surface area contributed by atoms with Gasteiger partial charge in [0.15, 0.2) is 0 Å². The summed E-state index contributed by atoms with van der Waals surface area (Å²) in [6, 6.07) is 6.13. The Morgan fingerprint density at radius 2 is 2.04 bits per heavy atom. The number of ether oxygens (including phenoxy) is 1. The molecule has 2 unspecified atom stereocenters. The Kier molecular flexibility index (Phi) is 6.04. The molecule has 1 aromatic carbocycles. The highest BCUT2D eigenvalue weighted by atomic mass is 16.6. The smallest absolute Gasteiger partial charge is 0.330 e. The summed E-state index contributed by atoms with van der Waals surface area (Å²) in [5.74, 6) is -1.53. The van der Waals surface area contributed by atoms with E-state index in [0.29, 0.717) is 12.3 Å². The average molecular weight is 379 g/mol. The molecule has 3 N–H and O–H groups in total. The van der Waals surface area contributed by atoms with Gasteiger partial charge < -0.3 is 20.5 Å². The number of nitrogens with one attached hydrogen (secondary N) is 2. The van der Waals surface area contributed by atoms with Gasteiger partial charge in [0, 0.05) is 37.5 Å². The van der Waals surface area contributed by atoms with Crippen LogP contribution >= 0.6 is 0 Å². The van der Waals surface area contributed by atoms with Gasteiger partial charge in [0.1, 0.15) is 11.2 Å². The van der Waals surface area contributed by atoms with E-state index in [1.54, 1.807) is 32.0 Å². The maximum Gasteiger partial charge on any atom is 0.330 e. The molecule has 0 heterocycles. The average Bonchev–Trinajstić information content (AvgIpc) is 2.60. The van der Waals surface area contributed by atoms with Gasteiger partial charge in [-0.1, -0.05) is 26.0 Å². The molecule has 1 fully saturated rings. The summed E-state index contributed by atoms with van der Waals surface area (Å²) in [6.45, 7) is 5.97. The van der Waals surface area contributed by atoms with Crippen LogP contribution in [0.15, 0.2) is 24.3 Å². The van der Waals surface area contributed by atoms with Gasteiger partial charge in [0.05, 0.1) is 11.0 Å². The zero-order valence-corrected chi connectivity index (χ0v) is 15.7. The van der Waals surface area contributed by atoms with Crippen molar-refractivity contribution in [2.45, 2.75) is 45.3 Å². The Bertz CT molecular complexity index is 736. The number of rotatable bonds is 9. The molecule has 2 rings (SSSR count). The van der Waals surface area contributed by atoms with Crippen molar-refractivity contribution in [1.82, 2.24) is 5.32 Å². The lowest BCUT2D eigenvalue weighted by molar-refractivity contribution is -0.384. The van der Waals surface area contributed by atoms with Crippen LogP contribution < -0.4 is 10.6 Å². The summed E-state index contributed by atoms with van der Waals surface area (Å²) in [4.78, 5) is 34.7. The molecule has 0 spiro atoms. The number of anilines is 1. The molecule has 1 saturated carbocycles. The number of carbonyl (C=O) groups excluding carboxylic acids is 1. The van der Waals surface area contributed by atoms with Gasteiger partial charge in [0.2, 0.25) is 5.91 Å². The second-order valence-electron chi connectivity index (χ2n) is 7.08. The van der Waals surface area contributed by atoms with Gasteiger partial charge in [-0.25, -0.2) is 4.79 Å². The second-order valence-corrected chi connectivity index (χ2v) is 7.08. The van der Waals surface area contributed by atoms with Crippen LogP contribution in [-0.2, 0) is 14.3 Å². The van der Waals surface area contributed by atoms with Crippen molar-refractivity contribution < 1.29 is 24.4 Å². The van der Waals surface area contributed by atoms with Crippen LogP contribution in [0.5, 0.6) is 0 Å². The molecule has 0 aliphatic heterocycles. The van der Waals surface area contributed by atoms with Crippen LogP contribution in [-0.4, -0.2) is 46.7 Å². The fraction of sp³-hybridized carbons (Fsp3) is 0.556. The first kappa shape index (κ1) is 20.6. The molecule has 1 aromatic rings. The number of aliphatic carboxylic acids is 1. The quantitative estimate of drug-likeness (QED) is 0.443. The zero-order valence-electron chi connectivity index (χ0n) is 15.7. The predicted molar refractivity (Wildman–Crippen MR) is 98.5 cm³/mol. The van der Waals surface area contributed by atoms with Crippen molar-refractivity contribution in [1.29, 1.82) is 0 Å². The standard InChI is InChI=1S/C18H25N3O6/c1-4-27-14-11-18(16(23)24,17(14,2)3)20-15(22)9-10-19-12-7-5-6-8-13(12)21(25)26/h5-8,14,19H,4,9-11H2,1-3H3,(H,20,22)(H,23,24). The van der Waals surface area contributed by atoms with Crippen LogP contribution in [0.2, 0.25) is 0 Å². The molecule has 1 aliphatic carbocycles. The maximum atomic E-state index is 12.3. The van der Waals surface area contributed by atoms with E-state index in [2.05, 4.69) is 10.6 Å². The van der Waals surface area contributed by atoms with Crippen LogP contribution in [0, 0.1) is 15.5 Å². The lowest BCUT2D eigenvalue weighted by atomic mass is 9.54. The molecule has 1 aliphatic rings. The fourth-order valence-corrected chi connectivity index (χ4v) is 3.43. The first-order valence-electron chi connectivity index (χ1n) is 8.79. The molecule has 1 amide bonds. The van der Waals surface area contributed by atoms with E-state index in [-0.39, 0.29) is 31.2 Å². The number of para-hydroxylation sites is 2. The van der Waals surface area contributed by atoms with Crippen molar-refractivity contribution >= 4 is 23.3 Å². The molecule has 27 heavy (non-hydrogen) atoms. The van der Waals surface area contributed by atoms with Gasteiger partial charge in [0.25, 0.3) is 5.69 Å². The topological polar surface area (TPSA) is 131 Å². The molecular formula is C18H25N3O6. The molecular weight excluding hydrogens is 354 g/mol. The van der Waals surface area contributed by atoms with E-state index in [1.165, 1.54) is 6.07 Å². The minimum absolute atomic E-state index is 0.0174. The zero-order chi connectivity index (χ0) is 20.2. The Balaban J connectivity index is 1.97. The summed E-state index contributed by atoms with van der Waals surface area (Å²) in [5, 5.41) is 26.2. The molecule has 0 aromatic heterocycles. The number of carboxylic acids is 1. The fourth-order valence-electron chi connectivity index (χ4n) is 3.43. The minimum atomic E-state index is -1.39. The van der Waals surface area contributed by atoms with E-state index in [0.717, 1.165) is 0 Å². The summed E-state index contributed by atoms with van der Waals surface area (Å²) in [5.41, 5.74) is -1.91. The number of carbonyl (C=O) groups is 2. The van der Waals surface area contributed by atoms with E-state index in [9.17, 15) is 24.8 Å². The third-order valence-corrected chi connectivity index (χ3v) is 5.25. The number of amides is 1. The summed E-state index contributed by atoms with van der Waals surface area (Å²) < 4.78 is 5.56. The van der Waals surface area contributed by atoms with Crippen LogP contribution in [0.4, 0.5) is 11.4 Å². The number of hydrogen-bond acceptors (Lipinski definition) is 6. The highest BCUT2D eigenvalue weighted by Crippen LogP contribution is 2.51. The maximum absolute atomic E-state index is 12.3. The molecule has 2 atom stereocenters. The summed E-state index contributed by atoms with van der Waals surface area (Å²) in [7, 11) is 0. The largest absolute Gasteiger partial charge is 0.479 e. The van der Waals surface area contributed by atoms with Crippen molar-refractivity contribution in [3.05, 3.63) is 34.4 Å². The van der Waals surface area contributed by atoms with E-state index in [4.69, 9.17) is 4.74 Å². The minimum Gasteiger partial charge on any atom is -0.479 e. The van der Waals surface area contributed by atoms with E-state index < -0.39 is 27.8 Å². The molecule has 0 radical (unpaired) electrons. The number of nitro benzene ring substituents is 1. The van der Waals surface area contributed by atoms with Crippen LogP contribution in [0.25, 0.3) is 0 Å². The third kappa shape index (κ3) is 3.87. The number of carboxylic acid groups (broad SMARTS) is 1. The lowest BCUT2D eigenvalue weighted by Crippen LogP contribution is -2.76. The number of nitrogens with zero attached hydrogens (tertiary/aromatic N) is 1. The number of benzene rings is 1. The first-order valence-corrected chi connectivity index (χ1v) is 8.79. The van der Waals surface area contributed by atoms with Crippen molar-refractivity contribution in [2.24, 2.45) is 5.41 Å². The monoisotopic (exact) mass is 379 g/mol. The second kappa shape index (κ2) is 7.91. The van der Waals surface area contributed by atoms with Gasteiger partial charge in [-0.15, -0.1) is 0 Å². The molecule has 9 heteroatoms. The number of nitro groups is 1. The van der Waals surface area contributed by atoms with Crippen molar-refractivity contribution in [2.75, 3.05) is 18.5 Å². The van der Waals surface area contributed by atoms with Gasteiger partial charge in [-0.2, -0.15) is 0 Å². The Labute approximate surface area is 157 Å². The summed E-state index contributed by atoms with van der Waals surface area (Å²) in [6.07, 6.45) is -0.0628. The lowest BCUT2D eigenvalue weighted by Gasteiger charge is -2.58. The third-order valence-electron chi connectivity index (χ3n) is 5.25. The SMILES string of the molecule is CCOC1CC(NC(=O)CCNc2ccccc2[N+](=O)[O-])(C(=O)O)C1(C)C. The molecule has 0 bridgehead atoms. The Hall–Kier alpha value is -2.68. The van der Waals surface area contributed by atoms with Crippen LogP contribution in [0.3, 0.4) is 0 Å². The molecule has 148 valence electrons. The molecule has 9 nitrogen and oxygen atoms in total. The van der Waals surface area contributed by atoms with Gasteiger partial charge in [-0.05, 0) is 13.0 Å². The van der Waals surface area contributed by atoms with Crippen molar-refractivity contribution in [3.8, 4) is 0 Å². The van der Waals surface area contributed by atoms with Crippen molar-refractivity contribution in [3.63, 3.8) is 0 Å². The van der Waals surface area contributed by atoms with E-state index >= 15 is 0 Å². The van der Waals surface area contributed by atoms with Crippen LogP contribution in [0.1, 0.15) is 33.6 Å². The summed E-state index contributed by atoms with van der Waals surface area (Å²) >= 11 is 0.